The van der Waals surface area contributed by atoms with Gasteiger partial charge in [-0.3, -0.25) is 24.3 Å². The number of cyclic esters (lactones) is 3. The Labute approximate surface area is 776 Å². The molecule has 6 saturated heterocycles. The summed E-state index contributed by atoms with van der Waals surface area (Å²) in [6, 6.07) is 48.5. The van der Waals surface area contributed by atoms with Gasteiger partial charge in [-0.15, -0.1) is 13.2 Å². The Morgan fingerprint density at radius 2 is 0.801 bits per heavy atom. The van der Waals surface area contributed by atoms with Gasteiger partial charge in [0.25, 0.3) is 17.8 Å². The molecule has 8 aliphatic rings. The third-order valence-corrected chi connectivity index (χ3v) is 26.6. The number of carbonyl (C=O) groups excluding carboxylic acids is 3. The van der Waals surface area contributed by atoms with E-state index in [-0.39, 0.29) is 72.2 Å². The number of pyridine rings is 3. The van der Waals surface area contributed by atoms with E-state index < -0.39 is 141 Å². The van der Waals surface area contributed by atoms with Crippen molar-refractivity contribution in [1.82, 2.24) is 29.7 Å². The van der Waals surface area contributed by atoms with Crippen molar-refractivity contribution in [1.29, 1.82) is 0 Å². The molecule has 714 valence electrons. The van der Waals surface area contributed by atoms with Crippen LogP contribution in [0.25, 0.3) is 44.5 Å². The van der Waals surface area contributed by atoms with E-state index in [2.05, 4.69) is 10.8 Å². The fourth-order valence-corrected chi connectivity index (χ4v) is 19.0. The summed E-state index contributed by atoms with van der Waals surface area (Å²) in [6.07, 6.45) is -4.79. The van der Waals surface area contributed by atoms with E-state index >= 15 is 4.39 Å². The van der Waals surface area contributed by atoms with Crippen molar-refractivity contribution >= 4 is 53.6 Å². The molecule has 2 aliphatic carbocycles. The molecule has 3 aromatic heterocycles. The molecule has 10 aromatic rings. The predicted molar refractivity (Wildman–Crippen MR) is 481 cm³/mol. The number of aliphatic carboxylic acids is 2. The molecule has 6 atom stereocenters. The van der Waals surface area contributed by atoms with Gasteiger partial charge in [-0.05, 0) is 222 Å². The lowest BCUT2D eigenvalue weighted by Gasteiger charge is -2.39. The van der Waals surface area contributed by atoms with Crippen molar-refractivity contribution in [2.24, 2.45) is 11.8 Å². The summed E-state index contributed by atoms with van der Waals surface area (Å²) in [4.78, 5) is 97.3. The molecule has 7 aromatic carbocycles. The average Bonchev–Trinajstić information content (AvgIpc) is 1.70. The second-order valence-electron chi connectivity index (χ2n) is 36.0. The first kappa shape index (κ1) is 95.3. The fourth-order valence-electron chi connectivity index (χ4n) is 19.0. The van der Waals surface area contributed by atoms with E-state index in [9.17, 15) is 83.6 Å². The summed E-state index contributed by atoms with van der Waals surface area (Å²) in [5, 5.41) is 28.2. The highest BCUT2D eigenvalue weighted by molar-refractivity contribution is 5.90. The molecule has 35 heteroatoms. The number of aromatic nitrogens is 3. The number of carboxylic acids is 3. The molecule has 3 amide bonds. The normalized spacial score (nSPS) is 22.3. The predicted octanol–water partition coefficient (Wildman–Crippen LogP) is 21.1. The molecular formula is C101H99F10N9O16. The number of alkyl halides is 9. The summed E-state index contributed by atoms with van der Waals surface area (Å²) in [7, 11) is 4.49. The van der Waals surface area contributed by atoms with Crippen molar-refractivity contribution in [3.05, 3.63) is 249 Å². The Hall–Kier alpha value is -13.9. The summed E-state index contributed by atoms with van der Waals surface area (Å²) in [6.45, 7) is 8.33. The SMILES string of the molecule is COc1cc(F)c(-c2ccc(C(=O)O)cc2C)cc1-c1ccc(N2CC(F)(F)C2)nc1CN1C(=O)O[C@H](c2cccc(C)c2)[C@@H]1C.COc1ccc(C2CC(C(=O)O)C2)cc1-c1ccc(N2CC(F)(F)C2)nc1CN1C(=O)O[C@H](c2cccc(OC(F)(F)F)c2)[C@@H]1C.COc1ccc(C2CCC(C(=O)O)CC2)cc1-c1ccc(N2CC(F)(F)C2)nc1CN1C(=O)O[C@H](c2cccc(C)c2)[C@@H]1C. The maximum Gasteiger partial charge on any atom is 0.573 e. The Bertz CT molecular complexity index is 6250. The van der Waals surface area contributed by atoms with Crippen LogP contribution in [-0.4, -0.2) is 184 Å². The van der Waals surface area contributed by atoms with E-state index in [1.165, 1.54) is 64.2 Å². The van der Waals surface area contributed by atoms with Gasteiger partial charge in [0.2, 0.25) is 0 Å². The zero-order valence-electron chi connectivity index (χ0n) is 75.6. The zero-order chi connectivity index (χ0) is 97.1. The van der Waals surface area contributed by atoms with Crippen LogP contribution in [-0.2, 0) is 43.4 Å². The number of halogens is 10. The number of amides is 3. The van der Waals surface area contributed by atoms with E-state index in [0.717, 1.165) is 69.5 Å². The monoisotopic (exact) mass is 1880 g/mol. The molecule has 3 N–H and O–H groups in total. The van der Waals surface area contributed by atoms with Crippen molar-refractivity contribution in [2.75, 3.05) is 75.3 Å². The van der Waals surface area contributed by atoms with Gasteiger partial charge >= 0.3 is 42.5 Å². The zero-order valence-corrected chi connectivity index (χ0v) is 75.6. The number of hydrogen-bond donors (Lipinski definition) is 3. The molecule has 6 aliphatic heterocycles. The van der Waals surface area contributed by atoms with E-state index in [1.807, 2.05) is 107 Å². The highest BCUT2D eigenvalue weighted by Crippen LogP contribution is 2.50. The van der Waals surface area contributed by atoms with Crippen molar-refractivity contribution < 1.29 is 121 Å². The molecule has 136 heavy (non-hydrogen) atoms. The van der Waals surface area contributed by atoms with Crippen LogP contribution in [0.5, 0.6) is 23.0 Å². The molecule has 0 spiro atoms. The molecular weight excluding hydrogens is 1790 g/mol. The van der Waals surface area contributed by atoms with Crippen molar-refractivity contribution in [2.45, 2.75) is 172 Å². The molecule has 0 radical (unpaired) electrons. The largest absolute Gasteiger partial charge is 0.573 e. The lowest BCUT2D eigenvalue weighted by atomic mass is 9.71. The lowest BCUT2D eigenvalue weighted by Crippen LogP contribution is -2.56. The standard InChI is InChI=1S/C35H32F3N3O5.C34H37F2N3O5.C32H30F5N3O6/c1-19-6-5-7-22(12-19)32-21(3)41(34(44)46-32)16-29-25(10-11-31(39-29)40-17-35(37,38)18-40)27-14-26(28(36)15-30(27)45-4)24-9-8-23(33(42)43)13-20(24)2;1-20-5-4-6-25(15-20)31-21(2)39(33(42)44-31)17-28-26(12-14-30(37-28)38-18-34(35,36)19-38)27-16-24(11-13-29(27)43-3)22-7-9-23(10-8-22)32(40)41;1-17-28(19-4-3-5-22(12-19)46-32(35,36)37)45-30(43)40(17)14-25-23(7-9-27(38-25)39-15-31(33,34)16-39)24-13-18(6-8-26(24)44-2)20-10-21(11-20)29(41)42/h5-15,21,32H,16-18H2,1-4H3,(H,42,43);4-6,11-16,21-23,31H,7-10,17-19H2,1-3H3,(H,40,41);3-9,12-13,17,20-21,28H,10-11,14-16H2,1-2H3,(H,41,42)/t21-,32-;21-,22?,23?,31-;17-,20?,21?,28-/m000/s1. The number of anilines is 3. The fraction of sp³-hybridized carbons (Fsp3) is 0.376. The Morgan fingerprint density at radius 1 is 0.419 bits per heavy atom. The second kappa shape index (κ2) is 38.1. The lowest BCUT2D eigenvalue weighted by molar-refractivity contribution is -0.274. The number of rotatable bonds is 25. The highest BCUT2D eigenvalue weighted by Gasteiger charge is 2.50. The van der Waals surface area contributed by atoms with Gasteiger partial charge in [0.05, 0.1) is 133 Å². The van der Waals surface area contributed by atoms with Crippen LogP contribution < -0.4 is 33.6 Å². The molecule has 0 unspecified atom stereocenters. The number of nitrogens with zero attached hydrogens (tertiary/aromatic N) is 9. The van der Waals surface area contributed by atoms with Crippen molar-refractivity contribution in [3.63, 3.8) is 0 Å². The first-order chi connectivity index (χ1) is 64.6. The maximum absolute atomic E-state index is 15.6. The van der Waals surface area contributed by atoms with Crippen LogP contribution in [0.4, 0.5) is 75.7 Å². The topological polar surface area (TPSA) is 286 Å². The highest BCUT2D eigenvalue weighted by atomic mass is 19.4. The summed E-state index contributed by atoms with van der Waals surface area (Å²) in [5.74, 6) is -10.3. The van der Waals surface area contributed by atoms with Gasteiger partial charge in [-0.25, -0.2) is 64.9 Å². The molecule has 8 fully saturated rings. The summed E-state index contributed by atoms with van der Waals surface area (Å²) >= 11 is 0. The van der Waals surface area contributed by atoms with Crippen LogP contribution in [0.15, 0.2) is 176 Å². The average molecular weight is 1880 g/mol. The number of aryl methyl sites for hydroxylation is 3. The summed E-state index contributed by atoms with van der Waals surface area (Å²) < 4.78 is 175. The second-order valence-corrected chi connectivity index (χ2v) is 36.0. The Morgan fingerprint density at radius 3 is 1.17 bits per heavy atom. The quantitative estimate of drug-likeness (QED) is 0.0354. The minimum atomic E-state index is -4.90. The molecule has 18 rings (SSSR count). The minimum Gasteiger partial charge on any atom is -0.496 e. The van der Waals surface area contributed by atoms with Gasteiger partial charge in [0.15, 0.2) is 0 Å². The molecule has 2 saturated carbocycles. The van der Waals surface area contributed by atoms with E-state index in [4.69, 9.17) is 43.4 Å². The molecule has 0 bridgehead atoms. The number of carboxylic acid groups (broad SMARTS) is 3. The van der Waals surface area contributed by atoms with Crippen LogP contribution in [0.2, 0.25) is 0 Å². The van der Waals surface area contributed by atoms with E-state index in [0.29, 0.717) is 105 Å². The molecule has 25 nitrogen and oxygen atoms in total. The van der Waals surface area contributed by atoms with E-state index in [1.54, 1.807) is 79.3 Å². The first-order valence-electron chi connectivity index (χ1n) is 44.4. The van der Waals surface area contributed by atoms with Crippen molar-refractivity contribution in [3.8, 4) is 67.5 Å². The maximum atomic E-state index is 15.6. The first-order valence-corrected chi connectivity index (χ1v) is 44.4. The minimum absolute atomic E-state index is 0.0160. The number of benzene rings is 7. The van der Waals surface area contributed by atoms with Gasteiger partial charge < -0.3 is 63.2 Å². The number of methoxy groups -OCH3 is 3. The Kier molecular flexibility index (Phi) is 26.7. The van der Waals surface area contributed by atoms with Crippen LogP contribution in [0.1, 0.15) is 161 Å². The van der Waals surface area contributed by atoms with Crippen LogP contribution in [0.3, 0.4) is 0 Å². The smallest absolute Gasteiger partial charge is 0.496 e. The number of hydrogen-bond acceptors (Lipinski definition) is 19. The molecule has 9 heterocycles. The van der Waals surface area contributed by atoms with Gasteiger partial charge in [-0.2, -0.15) is 0 Å². The number of carbonyl (C=O) groups is 6. The van der Waals surface area contributed by atoms with Crippen LogP contribution >= 0.6 is 0 Å². The number of aromatic carboxylic acids is 1. The van der Waals surface area contributed by atoms with Gasteiger partial charge in [-0.1, -0.05) is 90.0 Å². The number of ether oxygens (including phenoxy) is 7. The van der Waals surface area contributed by atoms with Gasteiger partial charge in [0.1, 0.15) is 64.6 Å². The third kappa shape index (κ3) is 20.4. The van der Waals surface area contributed by atoms with Gasteiger partial charge in [0, 0.05) is 45.0 Å². The van der Waals surface area contributed by atoms with Crippen LogP contribution in [0, 0.1) is 38.4 Å². The third-order valence-electron chi connectivity index (χ3n) is 26.6. The Balaban J connectivity index is 0.000000148. The summed E-state index contributed by atoms with van der Waals surface area (Å²) in [5.41, 5.74) is 12.4.